The monoisotopic (exact) mass is 307 g/mol. The van der Waals surface area contributed by atoms with E-state index in [-0.39, 0.29) is 12.5 Å². The third-order valence-corrected chi connectivity index (χ3v) is 4.56. The molecule has 2 rings (SSSR count). The maximum absolute atomic E-state index is 11.8. The van der Waals surface area contributed by atoms with E-state index in [9.17, 15) is 4.79 Å². The first kappa shape index (κ1) is 15.9. The number of carbonyl (C=O) groups excluding carboxylic acids is 1. The standard InChI is InChI=1S/C15H21N3O2S/c1-17-14(21)15(20-13(19)9-16)7-3-2-6-12(15)11-5-4-8-18-10-11/h4-5,8,10,12H,2-3,6-7,9,16H2,1H3,(H,17,21). The summed E-state index contributed by atoms with van der Waals surface area (Å²) in [5.41, 5.74) is 5.65. The van der Waals surface area contributed by atoms with Crippen LogP contribution in [-0.4, -0.2) is 35.1 Å². The van der Waals surface area contributed by atoms with Crippen LogP contribution in [0.15, 0.2) is 24.5 Å². The molecule has 6 heteroatoms. The maximum atomic E-state index is 11.8. The van der Waals surface area contributed by atoms with Gasteiger partial charge in [-0.05, 0) is 30.9 Å². The molecule has 1 aliphatic carbocycles. The fraction of sp³-hybridized carbons (Fsp3) is 0.533. The van der Waals surface area contributed by atoms with E-state index in [1.807, 2.05) is 18.3 Å². The number of ether oxygens (including phenoxy) is 1. The quantitative estimate of drug-likeness (QED) is 0.649. The van der Waals surface area contributed by atoms with Gasteiger partial charge in [0.05, 0.1) is 6.54 Å². The molecule has 114 valence electrons. The third kappa shape index (κ3) is 3.22. The number of nitrogens with two attached hydrogens (primary N) is 1. The predicted octanol–water partition coefficient (Wildman–Crippen LogP) is 1.53. The zero-order valence-corrected chi connectivity index (χ0v) is 13.0. The van der Waals surface area contributed by atoms with Crippen molar-refractivity contribution < 1.29 is 9.53 Å². The molecular formula is C15H21N3O2S. The number of pyridine rings is 1. The Kier molecular flexibility index (Phi) is 5.25. The zero-order valence-electron chi connectivity index (χ0n) is 12.2. The van der Waals surface area contributed by atoms with Crippen molar-refractivity contribution in [2.24, 2.45) is 5.73 Å². The SMILES string of the molecule is CNC(=S)C1(OC(=O)CN)CCCCC1c1cccnc1. The van der Waals surface area contributed by atoms with Crippen molar-refractivity contribution in [3.8, 4) is 0 Å². The summed E-state index contributed by atoms with van der Waals surface area (Å²) in [5.74, 6) is -0.418. The summed E-state index contributed by atoms with van der Waals surface area (Å²) in [4.78, 5) is 16.6. The summed E-state index contributed by atoms with van der Waals surface area (Å²) in [7, 11) is 1.76. The number of carbonyl (C=O) groups is 1. The van der Waals surface area contributed by atoms with Crippen LogP contribution < -0.4 is 11.1 Å². The Morgan fingerprint density at radius 1 is 1.62 bits per heavy atom. The fourth-order valence-corrected chi connectivity index (χ4v) is 3.34. The van der Waals surface area contributed by atoms with Crippen LogP contribution in [0.5, 0.6) is 0 Å². The molecule has 2 unspecified atom stereocenters. The predicted molar refractivity (Wildman–Crippen MR) is 85.0 cm³/mol. The molecule has 0 radical (unpaired) electrons. The molecule has 0 bridgehead atoms. The van der Waals surface area contributed by atoms with Crippen molar-refractivity contribution in [1.29, 1.82) is 0 Å². The average molecular weight is 307 g/mol. The molecule has 1 saturated carbocycles. The van der Waals surface area contributed by atoms with Gasteiger partial charge in [0.1, 0.15) is 4.99 Å². The molecule has 21 heavy (non-hydrogen) atoms. The Labute approximate surface area is 130 Å². The highest BCUT2D eigenvalue weighted by Crippen LogP contribution is 2.44. The largest absolute Gasteiger partial charge is 0.450 e. The van der Waals surface area contributed by atoms with Crippen LogP contribution >= 0.6 is 12.2 Å². The molecule has 0 spiro atoms. The van der Waals surface area contributed by atoms with Gasteiger partial charge in [0.15, 0.2) is 5.60 Å². The van der Waals surface area contributed by atoms with Crippen molar-refractivity contribution in [3.05, 3.63) is 30.1 Å². The van der Waals surface area contributed by atoms with E-state index in [4.69, 9.17) is 22.7 Å². The maximum Gasteiger partial charge on any atom is 0.320 e. The molecule has 3 N–H and O–H groups in total. The molecule has 1 aromatic rings. The molecule has 1 aromatic heterocycles. The van der Waals surface area contributed by atoms with Crippen LogP contribution in [0.4, 0.5) is 0 Å². The number of nitrogens with one attached hydrogen (secondary N) is 1. The lowest BCUT2D eigenvalue weighted by atomic mass is 9.72. The Morgan fingerprint density at radius 3 is 3.05 bits per heavy atom. The number of nitrogens with zero attached hydrogens (tertiary/aromatic N) is 1. The summed E-state index contributed by atoms with van der Waals surface area (Å²) in [6.07, 6.45) is 7.21. The first-order valence-corrected chi connectivity index (χ1v) is 7.59. The lowest BCUT2D eigenvalue weighted by molar-refractivity contribution is -0.155. The number of thiocarbonyl (C=S) groups is 1. The summed E-state index contributed by atoms with van der Waals surface area (Å²) >= 11 is 5.48. The summed E-state index contributed by atoms with van der Waals surface area (Å²) in [6, 6.07) is 3.90. The van der Waals surface area contributed by atoms with Crippen molar-refractivity contribution in [1.82, 2.24) is 10.3 Å². The van der Waals surface area contributed by atoms with E-state index < -0.39 is 11.6 Å². The Morgan fingerprint density at radius 2 is 2.43 bits per heavy atom. The van der Waals surface area contributed by atoms with Crippen LogP contribution in [0.1, 0.15) is 37.2 Å². The number of aromatic nitrogens is 1. The first-order chi connectivity index (χ1) is 10.1. The second-order valence-corrected chi connectivity index (χ2v) is 5.64. The van der Waals surface area contributed by atoms with Crippen molar-refractivity contribution in [3.63, 3.8) is 0 Å². The highest BCUT2D eigenvalue weighted by atomic mass is 32.1. The van der Waals surface area contributed by atoms with Crippen LogP contribution in [0.3, 0.4) is 0 Å². The molecule has 2 atom stereocenters. The van der Waals surface area contributed by atoms with Crippen LogP contribution in [0.2, 0.25) is 0 Å². The van der Waals surface area contributed by atoms with Gasteiger partial charge in [-0.3, -0.25) is 9.78 Å². The minimum absolute atomic E-state index is 0.00963. The van der Waals surface area contributed by atoms with E-state index in [1.54, 1.807) is 13.2 Å². The fourth-order valence-electron chi connectivity index (χ4n) is 3.06. The molecule has 1 aliphatic rings. The van der Waals surface area contributed by atoms with E-state index in [2.05, 4.69) is 10.3 Å². The molecule has 0 saturated heterocycles. The second kappa shape index (κ2) is 6.95. The van der Waals surface area contributed by atoms with E-state index in [0.717, 1.165) is 24.8 Å². The summed E-state index contributed by atoms with van der Waals surface area (Å²) in [6.45, 7) is -0.145. The lowest BCUT2D eigenvalue weighted by Crippen LogP contribution is -2.54. The highest BCUT2D eigenvalue weighted by Gasteiger charge is 2.48. The van der Waals surface area contributed by atoms with E-state index in [0.29, 0.717) is 11.4 Å². The Hall–Kier alpha value is -1.53. The molecule has 0 aromatic carbocycles. The van der Waals surface area contributed by atoms with E-state index in [1.165, 1.54) is 0 Å². The lowest BCUT2D eigenvalue weighted by Gasteiger charge is -2.43. The highest BCUT2D eigenvalue weighted by molar-refractivity contribution is 7.80. The normalized spacial score (nSPS) is 25.1. The average Bonchev–Trinajstić information content (AvgIpc) is 2.55. The summed E-state index contributed by atoms with van der Waals surface area (Å²) < 4.78 is 5.75. The van der Waals surface area contributed by atoms with Crippen molar-refractivity contribution in [2.45, 2.75) is 37.2 Å². The third-order valence-electron chi connectivity index (χ3n) is 4.01. The number of hydrogen-bond donors (Lipinski definition) is 2. The molecule has 5 nitrogen and oxygen atoms in total. The smallest absolute Gasteiger partial charge is 0.320 e. The van der Waals surface area contributed by atoms with Gasteiger partial charge in [0.2, 0.25) is 0 Å². The van der Waals surface area contributed by atoms with Gasteiger partial charge in [-0.25, -0.2) is 0 Å². The van der Waals surface area contributed by atoms with Crippen LogP contribution in [0.25, 0.3) is 0 Å². The number of esters is 1. The number of hydrogen-bond acceptors (Lipinski definition) is 5. The molecule has 0 amide bonds. The van der Waals surface area contributed by atoms with Crippen molar-refractivity contribution in [2.75, 3.05) is 13.6 Å². The molecule has 0 aliphatic heterocycles. The molecular weight excluding hydrogens is 286 g/mol. The number of likely N-dealkylation sites (N-methyl/N-ethyl adjacent to an activating group) is 1. The Balaban J connectivity index is 2.42. The van der Waals surface area contributed by atoms with Gasteiger partial charge in [-0.15, -0.1) is 0 Å². The second-order valence-electron chi connectivity index (χ2n) is 5.23. The number of rotatable bonds is 4. The van der Waals surface area contributed by atoms with Gasteiger partial charge in [0, 0.05) is 25.4 Å². The molecule has 1 fully saturated rings. The van der Waals surface area contributed by atoms with Crippen LogP contribution in [-0.2, 0) is 9.53 Å². The Bertz CT molecular complexity index is 509. The van der Waals surface area contributed by atoms with Gasteiger partial charge in [-0.1, -0.05) is 24.7 Å². The van der Waals surface area contributed by atoms with E-state index >= 15 is 0 Å². The summed E-state index contributed by atoms with van der Waals surface area (Å²) in [5, 5.41) is 3.00. The zero-order chi connectivity index (χ0) is 15.3. The van der Waals surface area contributed by atoms with Crippen LogP contribution in [0, 0.1) is 0 Å². The topological polar surface area (TPSA) is 77.2 Å². The van der Waals surface area contributed by atoms with Gasteiger partial charge < -0.3 is 15.8 Å². The minimum atomic E-state index is -0.818. The van der Waals surface area contributed by atoms with Gasteiger partial charge >= 0.3 is 5.97 Å². The molecule has 1 heterocycles. The van der Waals surface area contributed by atoms with Gasteiger partial charge in [-0.2, -0.15) is 0 Å². The first-order valence-electron chi connectivity index (χ1n) is 7.18. The van der Waals surface area contributed by atoms with Gasteiger partial charge in [0.25, 0.3) is 0 Å². The van der Waals surface area contributed by atoms with Crippen molar-refractivity contribution >= 4 is 23.2 Å². The minimum Gasteiger partial charge on any atom is -0.450 e.